The molecule has 0 fully saturated rings. The Morgan fingerprint density at radius 3 is 3.07 bits per heavy atom. The van der Waals surface area contributed by atoms with Crippen LogP contribution in [0.15, 0.2) is 29.1 Å². The molecule has 0 aromatic carbocycles. The van der Waals surface area contributed by atoms with Crippen LogP contribution in [0.2, 0.25) is 0 Å². The number of aromatic nitrogens is 2. The Bertz CT molecular complexity index is 562. The molecule has 3 heterocycles. The topological polar surface area (TPSA) is 43.3 Å². The second-order valence-corrected chi connectivity index (χ2v) is 4.73. The molecule has 0 aliphatic rings. The zero-order valence-corrected chi connectivity index (χ0v) is 8.81. The largest absolute Gasteiger partial charge is 0.369 e. The van der Waals surface area contributed by atoms with Gasteiger partial charge in [-0.3, -0.25) is 4.40 Å². The summed E-state index contributed by atoms with van der Waals surface area (Å²) in [7, 11) is 0. The summed E-state index contributed by atoms with van der Waals surface area (Å²) < 4.78 is 1.98. The smallest absolute Gasteiger partial charge is 0.206 e. The van der Waals surface area contributed by atoms with Gasteiger partial charge >= 0.3 is 0 Å². The minimum absolute atomic E-state index is 0.560. The third-order valence-corrected chi connectivity index (χ3v) is 3.83. The lowest BCUT2D eigenvalue weighted by molar-refractivity contribution is 1.21. The van der Waals surface area contributed by atoms with Crippen LogP contribution in [0.3, 0.4) is 0 Å². The van der Waals surface area contributed by atoms with Crippen LogP contribution in [0.5, 0.6) is 0 Å². The lowest BCUT2D eigenvalue weighted by Gasteiger charge is -1.95. The van der Waals surface area contributed by atoms with Crippen LogP contribution in [-0.2, 0) is 0 Å². The highest BCUT2D eigenvalue weighted by atomic mass is 32.1. The number of nitrogens with zero attached hydrogens (tertiary/aromatic N) is 2. The van der Waals surface area contributed by atoms with Gasteiger partial charge < -0.3 is 5.73 Å². The second-order valence-electron chi connectivity index (χ2n) is 2.89. The summed E-state index contributed by atoms with van der Waals surface area (Å²) in [4.78, 5) is 6.39. The number of fused-ring (bicyclic) bond motifs is 1. The first kappa shape index (κ1) is 8.02. The summed E-state index contributed by atoms with van der Waals surface area (Å²) in [5, 5.41) is 4.17. The van der Waals surface area contributed by atoms with Crippen molar-refractivity contribution in [3.8, 4) is 10.6 Å². The zero-order valence-electron chi connectivity index (χ0n) is 7.18. The number of hydrogen-bond donors (Lipinski definition) is 1. The molecule has 0 aliphatic heterocycles. The van der Waals surface area contributed by atoms with Crippen molar-refractivity contribution in [2.75, 3.05) is 5.73 Å². The molecule has 3 rings (SSSR count). The van der Waals surface area contributed by atoms with E-state index in [0.29, 0.717) is 5.95 Å². The van der Waals surface area contributed by atoms with Crippen molar-refractivity contribution in [3.63, 3.8) is 0 Å². The second kappa shape index (κ2) is 2.83. The van der Waals surface area contributed by atoms with E-state index < -0.39 is 0 Å². The summed E-state index contributed by atoms with van der Waals surface area (Å²) in [5.41, 5.74) is 6.92. The quantitative estimate of drug-likeness (QED) is 0.686. The Kier molecular flexibility index (Phi) is 1.62. The number of rotatable bonds is 1. The predicted molar refractivity (Wildman–Crippen MR) is 60.8 cm³/mol. The molecule has 0 saturated heterocycles. The van der Waals surface area contributed by atoms with E-state index in [1.165, 1.54) is 4.88 Å². The first-order valence-corrected chi connectivity index (χ1v) is 5.86. The van der Waals surface area contributed by atoms with Gasteiger partial charge in [0.05, 0.1) is 16.8 Å². The fourth-order valence-corrected chi connectivity index (χ4v) is 3.12. The first-order valence-electron chi connectivity index (χ1n) is 4.10. The van der Waals surface area contributed by atoms with E-state index in [4.69, 9.17) is 5.73 Å². The van der Waals surface area contributed by atoms with Crippen LogP contribution in [0.4, 0.5) is 5.95 Å². The van der Waals surface area contributed by atoms with E-state index in [9.17, 15) is 0 Å². The van der Waals surface area contributed by atoms with E-state index in [-0.39, 0.29) is 0 Å². The fourth-order valence-electron chi connectivity index (χ4n) is 1.44. The molecule has 0 bridgehead atoms. The first-order chi connectivity index (χ1) is 6.86. The molecule has 0 saturated carbocycles. The van der Waals surface area contributed by atoms with Crippen LogP contribution >= 0.6 is 22.7 Å². The Hall–Kier alpha value is -1.33. The molecule has 0 aliphatic carbocycles. The lowest BCUT2D eigenvalue weighted by Crippen LogP contribution is -1.93. The molecule has 3 nitrogen and oxygen atoms in total. The van der Waals surface area contributed by atoms with E-state index in [0.717, 1.165) is 10.5 Å². The van der Waals surface area contributed by atoms with Crippen LogP contribution in [0.1, 0.15) is 0 Å². The van der Waals surface area contributed by atoms with Crippen molar-refractivity contribution in [1.82, 2.24) is 9.38 Å². The lowest BCUT2D eigenvalue weighted by atomic mass is 10.4. The Labute approximate surface area is 88.4 Å². The van der Waals surface area contributed by atoms with Crippen LogP contribution < -0.4 is 5.73 Å². The summed E-state index contributed by atoms with van der Waals surface area (Å²) in [6.07, 6.45) is 1.80. The molecule has 70 valence electrons. The maximum absolute atomic E-state index is 5.79. The highest BCUT2D eigenvalue weighted by Gasteiger charge is 2.09. The van der Waals surface area contributed by atoms with Crippen molar-refractivity contribution in [2.45, 2.75) is 0 Å². The SMILES string of the molecule is Nc1ncc2scc(-c3cccs3)n12. The minimum atomic E-state index is 0.560. The number of hydrogen-bond acceptors (Lipinski definition) is 4. The Morgan fingerprint density at radius 2 is 2.29 bits per heavy atom. The molecular weight excluding hydrogens is 214 g/mol. The summed E-state index contributed by atoms with van der Waals surface area (Å²) >= 11 is 3.37. The normalized spacial score (nSPS) is 11.1. The number of nitrogen functional groups attached to an aromatic ring is 1. The monoisotopic (exact) mass is 221 g/mol. The molecule has 0 amide bonds. The Morgan fingerprint density at radius 1 is 1.36 bits per heavy atom. The standard InChI is InChI=1S/C9H7N3S2/c10-9-11-4-8-12(9)6(5-14-8)7-2-1-3-13-7/h1-5H,(H2,10,11). The van der Waals surface area contributed by atoms with Gasteiger partial charge in [-0.25, -0.2) is 4.98 Å². The van der Waals surface area contributed by atoms with Gasteiger partial charge in [0.1, 0.15) is 4.83 Å². The molecule has 0 atom stereocenters. The number of imidazole rings is 1. The van der Waals surface area contributed by atoms with Gasteiger partial charge in [0.2, 0.25) is 5.95 Å². The predicted octanol–water partition coefficient (Wildman–Crippen LogP) is 2.71. The van der Waals surface area contributed by atoms with Gasteiger partial charge in [0, 0.05) is 5.38 Å². The van der Waals surface area contributed by atoms with E-state index in [1.807, 2.05) is 10.5 Å². The summed E-state index contributed by atoms with van der Waals surface area (Å²) in [5.74, 6) is 0.560. The third-order valence-electron chi connectivity index (χ3n) is 2.06. The third kappa shape index (κ3) is 0.995. The maximum Gasteiger partial charge on any atom is 0.206 e. The molecule has 5 heteroatoms. The number of thiophene rings is 1. The number of nitrogens with two attached hydrogens (primary N) is 1. The number of thiazole rings is 1. The van der Waals surface area contributed by atoms with E-state index in [1.54, 1.807) is 28.9 Å². The molecular formula is C9H7N3S2. The van der Waals surface area contributed by atoms with Crippen molar-refractivity contribution in [3.05, 3.63) is 29.1 Å². The summed E-state index contributed by atoms with van der Waals surface area (Å²) in [6, 6.07) is 4.13. The van der Waals surface area contributed by atoms with Crippen LogP contribution in [0.25, 0.3) is 15.4 Å². The molecule has 2 N–H and O–H groups in total. The van der Waals surface area contributed by atoms with Crippen molar-refractivity contribution in [1.29, 1.82) is 0 Å². The zero-order chi connectivity index (χ0) is 9.54. The molecule has 3 aromatic heterocycles. The van der Waals surface area contributed by atoms with Crippen molar-refractivity contribution < 1.29 is 0 Å². The maximum atomic E-state index is 5.79. The van der Waals surface area contributed by atoms with Gasteiger partial charge in [0.15, 0.2) is 0 Å². The van der Waals surface area contributed by atoms with Crippen molar-refractivity contribution >= 4 is 33.5 Å². The average molecular weight is 221 g/mol. The van der Waals surface area contributed by atoms with Crippen LogP contribution in [-0.4, -0.2) is 9.38 Å². The highest BCUT2D eigenvalue weighted by Crippen LogP contribution is 2.31. The highest BCUT2D eigenvalue weighted by molar-refractivity contribution is 7.17. The van der Waals surface area contributed by atoms with Gasteiger partial charge in [-0.05, 0) is 11.4 Å². The molecule has 0 unspecified atom stereocenters. The van der Waals surface area contributed by atoms with Gasteiger partial charge in [0.25, 0.3) is 0 Å². The minimum Gasteiger partial charge on any atom is -0.369 e. The van der Waals surface area contributed by atoms with Gasteiger partial charge in [-0.15, -0.1) is 22.7 Å². The molecule has 0 radical (unpaired) electrons. The van der Waals surface area contributed by atoms with E-state index in [2.05, 4.69) is 21.8 Å². The molecule has 0 spiro atoms. The summed E-state index contributed by atoms with van der Waals surface area (Å²) in [6.45, 7) is 0. The van der Waals surface area contributed by atoms with Gasteiger partial charge in [-0.2, -0.15) is 0 Å². The molecule has 3 aromatic rings. The van der Waals surface area contributed by atoms with Gasteiger partial charge in [-0.1, -0.05) is 6.07 Å². The Balaban J connectivity index is 2.36. The van der Waals surface area contributed by atoms with Crippen molar-refractivity contribution in [2.24, 2.45) is 0 Å². The number of anilines is 1. The fraction of sp³-hybridized carbons (Fsp3) is 0. The molecule has 14 heavy (non-hydrogen) atoms. The van der Waals surface area contributed by atoms with E-state index >= 15 is 0 Å². The van der Waals surface area contributed by atoms with Crippen LogP contribution in [0, 0.1) is 0 Å². The average Bonchev–Trinajstić information content (AvgIpc) is 2.84.